The molecule has 2 rings (SSSR count). The minimum atomic E-state index is -1.88. The fraction of sp³-hybridized carbons (Fsp3) is 0.969. The number of aliphatic hydroxyl groups is 8. The van der Waals surface area contributed by atoms with Crippen LogP contribution in [0.2, 0.25) is 0 Å². The molecule has 12 nitrogen and oxygen atoms in total. The zero-order valence-corrected chi connectivity index (χ0v) is 26.5. The van der Waals surface area contributed by atoms with Crippen molar-refractivity contribution in [3.05, 3.63) is 0 Å². The Morgan fingerprint density at radius 3 is 1.41 bits per heavy atom. The molecule has 0 radical (unpaired) electrons. The first-order valence-corrected chi connectivity index (χ1v) is 17.0. The van der Waals surface area contributed by atoms with Gasteiger partial charge in [-0.2, -0.15) is 0 Å². The maximum Gasteiger partial charge on any atom is 0.306 e. The number of ether oxygens (including phenoxy) is 3. The van der Waals surface area contributed by atoms with Crippen molar-refractivity contribution in [2.45, 2.75) is 190 Å². The van der Waals surface area contributed by atoms with Gasteiger partial charge in [-0.05, 0) is 6.42 Å². The standard InChI is InChI=1S/C32H60O12/c1-2-3-4-5-6-7-8-9-10-11-12-13-14-15-16-17-18-19-22(34)43-30-27(39)25(37)26(38)28(40)31(30)44-32-29(41)24(36)23(35)21(20-33)42-32/h21,23-33,35-41H,2-20H2,1H3/t21-,23+,24+,25-,26+,27-,28+,29-,30-,31-,32+/m1/s1. The van der Waals surface area contributed by atoms with E-state index in [1.807, 2.05) is 0 Å². The molecule has 1 heterocycles. The SMILES string of the molecule is CCCCCCCCCCCCCCCCCCCC(=O)O[C@@H]1[C@H](O)[C@H](O)[C@H](O)[C@H](O)[C@H]1O[C@@H]1O[C@H](CO)[C@H](O)[C@H](O)[C@H]1O. The highest BCUT2D eigenvalue weighted by Gasteiger charge is 2.54. The van der Waals surface area contributed by atoms with E-state index < -0.39 is 79.9 Å². The van der Waals surface area contributed by atoms with Crippen molar-refractivity contribution in [1.29, 1.82) is 0 Å². The number of esters is 1. The first-order chi connectivity index (χ1) is 21.1. The fourth-order valence-corrected chi connectivity index (χ4v) is 6.02. The van der Waals surface area contributed by atoms with Gasteiger partial charge >= 0.3 is 5.97 Å². The summed E-state index contributed by atoms with van der Waals surface area (Å²) < 4.78 is 16.2. The summed E-state index contributed by atoms with van der Waals surface area (Å²) >= 11 is 0. The number of hydrogen-bond donors (Lipinski definition) is 8. The van der Waals surface area contributed by atoms with Gasteiger partial charge in [0.2, 0.25) is 0 Å². The van der Waals surface area contributed by atoms with Crippen LogP contribution in [-0.2, 0) is 19.0 Å². The van der Waals surface area contributed by atoms with E-state index in [0.717, 1.165) is 25.7 Å². The Bertz CT molecular complexity index is 755. The number of hydrogen-bond acceptors (Lipinski definition) is 12. The molecule has 44 heavy (non-hydrogen) atoms. The van der Waals surface area contributed by atoms with Gasteiger partial charge < -0.3 is 55.1 Å². The summed E-state index contributed by atoms with van der Waals surface area (Å²) in [7, 11) is 0. The molecule has 12 heteroatoms. The molecule has 0 unspecified atom stereocenters. The van der Waals surface area contributed by atoms with Gasteiger partial charge in [-0.1, -0.05) is 110 Å². The van der Waals surface area contributed by atoms with Gasteiger partial charge in [0, 0.05) is 6.42 Å². The molecular formula is C32H60O12. The second kappa shape index (κ2) is 21.8. The smallest absolute Gasteiger partial charge is 0.306 e. The third-order valence-corrected chi connectivity index (χ3v) is 8.94. The summed E-state index contributed by atoms with van der Waals surface area (Å²) in [4.78, 5) is 12.6. The lowest BCUT2D eigenvalue weighted by atomic mass is 9.84. The van der Waals surface area contributed by atoms with Crippen molar-refractivity contribution < 1.29 is 59.9 Å². The molecule has 1 aliphatic carbocycles. The molecule has 1 saturated carbocycles. The molecule has 11 atom stereocenters. The molecule has 0 amide bonds. The highest BCUT2D eigenvalue weighted by Crippen LogP contribution is 2.31. The molecule has 2 fully saturated rings. The first kappa shape index (κ1) is 39.2. The second-order valence-corrected chi connectivity index (χ2v) is 12.6. The van der Waals surface area contributed by atoms with Crippen LogP contribution >= 0.6 is 0 Å². The van der Waals surface area contributed by atoms with E-state index in [-0.39, 0.29) is 6.42 Å². The van der Waals surface area contributed by atoms with Gasteiger partial charge in [0.25, 0.3) is 0 Å². The van der Waals surface area contributed by atoms with Crippen LogP contribution in [-0.4, -0.2) is 121 Å². The van der Waals surface area contributed by atoms with Gasteiger partial charge in [0.05, 0.1) is 6.61 Å². The highest BCUT2D eigenvalue weighted by molar-refractivity contribution is 5.69. The second-order valence-electron chi connectivity index (χ2n) is 12.6. The Morgan fingerprint density at radius 2 is 0.955 bits per heavy atom. The summed E-state index contributed by atoms with van der Waals surface area (Å²) in [5.41, 5.74) is 0. The van der Waals surface area contributed by atoms with E-state index in [2.05, 4.69) is 6.92 Å². The lowest BCUT2D eigenvalue weighted by molar-refractivity contribution is -0.340. The molecule has 0 aromatic carbocycles. The van der Waals surface area contributed by atoms with E-state index >= 15 is 0 Å². The van der Waals surface area contributed by atoms with Gasteiger partial charge in [-0.3, -0.25) is 4.79 Å². The van der Waals surface area contributed by atoms with Crippen LogP contribution in [0.25, 0.3) is 0 Å². The topological polar surface area (TPSA) is 207 Å². The van der Waals surface area contributed by atoms with E-state index in [1.165, 1.54) is 77.0 Å². The van der Waals surface area contributed by atoms with Gasteiger partial charge in [-0.25, -0.2) is 0 Å². The minimum Gasteiger partial charge on any atom is -0.457 e. The molecule has 0 bridgehead atoms. The Labute approximate surface area is 262 Å². The van der Waals surface area contributed by atoms with Crippen LogP contribution in [0.1, 0.15) is 122 Å². The molecule has 1 saturated heterocycles. The van der Waals surface area contributed by atoms with Crippen LogP contribution in [0.4, 0.5) is 0 Å². The molecule has 260 valence electrons. The van der Waals surface area contributed by atoms with Crippen molar-refractivity contribution in [2.24, 2.45) is 0 Å². The zero-order valence-electron chi connectivity index (χ0n) is 26.5. The molecular weight excluding hydrogens is 576 g/mol. The maximum atomic E-state index is 12.6. The fourth-order valence-electron chi connectivity index (χ4n) is 6.02. The summed E-state index contributed by atoms with van der Waals surface area (Å²) in [5.74, 6) is -0.701. The first-order valence-electron chi connectivity index (χ1n) is 17.0. The van der Waals surface area contributed by atoms with Crippen LogP contribution in [0.5, 0.6) is 0 Å². The summed E-state index contributed by atoms with van der Waals surface area (Å²) in [6.45, 7) is 1.52. The van der Waals surface area contributed by atoms with Crippen molar-refractivity contribution in [3.8, 4) is 0 Å². The summed E-state index contributed by atoms with van der Waals surface area (Å²) in [5, 5.41) is 81.2. The van der Waals surface area contributed by atoms with Crippen molar-refractivity contribution in [2.75, 3.05) is 6.61 Å². The lowest BCUT2D eigenvalue weighted by Crippen LogP contribution is -2.67. The number of rotatable bonds is 22. The van der Waals surface area contributed by atoms with Crippen LogP contribution in [0, 0.1) is 0 Å². The molecule has 1 aliphatic heterocycles. The lowest BCUT2D eigenvalue weighted by Gasteiger charge is -2.46. The Morgan fingerprint density at radius 1 is 0.545 bits per heavy atom. The number of unbranched alkanes of at least 4 members (excludes halogenated alkanes) is 16. The third-order valence-electron chi connectivity index (χ3n) is 8.94. The van der Waals surface area contributed by atoms with Gasteiger partial charge in [0.15, 0.2) is 12.4 Å². The largest absolute Gasteiger partial charge is 0.457 e. The molecule has 8 N–H and O–H groups in total. The number of carbonyl (C=O) groups excluding carboxylic acids is 1. The van der Waals surface area contributed by atoms with Crippen molar-refractivity contribution in [1.82, 2.24) is 0 Å². The van der Waals surface area contributed by atoms with Crippen molar-refractivity contribution >= 4 is 5.97 Å². The maximum absolute atomic E-state index is 12.6. The zero-order chi connectivity index (χ0) is 32.5. The number of carbonyl (C=O) groups is 1. The molecule has 0 spiro atoms. The van der Waals surface area contributed by atoms with Crippen LogP contribution in [0.15, 0.2) is 0 Å². The predicted molar refractivity (Wildman–Crippen MR) is 161 cm³/mol. The quantitative estimate of drug-likeness (QED) is 0.0630. The normalized spacial score (nSPS) is 34.2. The van der Waals surface area contributed by atoms with Crippen LogP contribution in [0.3, 0.4) is 0 Å². The Balaban J connectivity index is 1.66. The third kappa shape index (κ3) is 12.7. The highest BCUT2D eigenvalue weighted by atomic mass is 16.7. The Kier molecular flexibility index (Phi) is 19.4. The average Bonchev–Trinajstić information content (AvgIpc) is 3.02. The van der Waals surface area contributed by atoms with Gasteiger partial charge in [-0.15, -0.1) is 0 Å². The van der Waals surface area contributed by atoms with E-state index in [9.17, 15) is 45.6 Å². The minimum absolute atomic E-state index is 0.0311. The molecule has 2 aliphatic rings. The monoisotopic (exact) mass is 636 g/mol. The predicted octanol–water partition coefficient (Wildman–Crippen LogP) is 1.58. The van der Waals surface area contributed by atoms with Gasteiger partial charge in [0.1, 0.15) is 54.9 Å². The van der Waals surface area contributed by atoms with Crippen molar-refractivity contribution in [3.63, 3.8) is 0 Å². The summed E-state index contributed by atoms with van der Waals surface area (Å²) in [6.07, 6.45) is 1.53. The van der Waals surface area contributed by atoms with E-state index in [0.29, 0.717) is 6.42 Å². The summed E-state index contributed by atoms with van der Waals surface area (Å²) in [6, 6.07) is 0. The molecule has 0 aromatic heterocycles. The van der Waals surface area contributed by atoms with E-state index in [4.69, 9.17) is 14.2 Å². The Hall–Kier alpha value is -0.930. The average molecular weight is 637 g/mol. The van der Waals surface area contributed by atoms with Crippen LogP contribution < -0.4 is 0 Å². The molecule has 0 aromatic rings. The van der Waals surface area contributed by atoms with E-state index in [1.54, 1.807) is 0 Å². The number of aliphatic hydroxyl groups excluding tert-OH is 8.